The highest BCUT2D eigenvalue weighted by atomic mass is 32.2. The third kappa shape index (κ3) is 4.51. The van der Waals surface area contributed by atoms with Crippen molar-refractivity contribution in [2.45, 2.75) is 18.4 Å². The maximum absolute atomic E-state index is 12.1. The number of amides is 1. The summed E-state index contributed by atoms with van der Waals surface area (Å²) in [5.41, 5.74) is 0. The molecule has 1 heterocycles. The topological polar surface area (TPSA) is 46.2 Å². The van der Waals surface area contributed by atoms with Gasteiger partial charge in [0, 0.05) is 16.7 Å². The molecular weight excluding hydrogens is 290 g/mol. The van der Waals surface area contributed by atoms with Gasteiger partial charge in [-0.15, -0.1) is 23.1 Å². The number of carbonyl (C=O) groups is 2. The van der Waals surface area contributed by atoms with Crippen molar-refractivity contribution >= 4 is 34.8 Å². The smallest absolute Gasteiger partial charge is 0.217 e. The standard InChI is InChI=1S/C15H15NO2S2/c1-11(17)16-9-13-7-8-15(20-13)14(18)10-19-12-5-3-2-4-6-12/h2-8H,9-10H2,1H3,(H,16,17). The molecule has 0 aliphatic carbocycles. The van der Waals surface area contributed by atoms with Gasteiger partial charge in [-0.2, -0.15) is 0 Å². The molecule has 0 spiro atoms. The minimum absolute atomic E-state index is 0.0640. The van der Waals surface area contributed by atoms with E-state index in [4.69, 9.17) is 0 Å². The van der Waals surface area contributed by atoms with Crippen LogP contribution in [0.4, 0.5) is 0 Å². The summed E-state index contributed by atoms with van der Waals surface area (Å²) in [7, 11) is 0. The van der Waals surface area contributed by atoms with Crippen LogP contribution in [0, 0.1) is 0 Å². The fourth-order valence-corrected chi connectivity index (χ4v) is 3.35. The molecule has 0 bridgehead atoms. The van der Waals surface area contributed by atoms with E-state index in [9.17, 15) is 9.59 Å². The maximum atomic E-state index is 12.1. The van der Waals surface area contributed by atoms with Crippen molar-refractivity contribution in [3.8, 4) is 0 Å². The molecule has 104 valence electrons. The highest BCUT2D eigenvalue weighted by Gasteiger charge is 2.10. The Kier molecular flexibility index (Phi) is 5.38. The fourth-order valence-electron chi connectivity index (χ4n) is 1.57. The zero-order valence-electron chi connectivity index (χ0n) is 11.1. The number of ketones is 1. The Hall–Kier alpha value is -1.59. The molecule has 0 unspecified atom stereocenters. The Morgan fingerprint density at radius 2 is 1.90 bits per heavy atom. The second-order valence-corrected chi connectivity index (χ2v) is 6.42. The van der Waals surface area contributed by atoms with Crippen LogP contribution in [0.25, 0.3) is 0 Å². The van der Waals surface area contributed by atoms with Crippen LogP contribution >= 0.6 is 23.1 Å². The number of carbonyl (C=O) groups excluding carboxylic acids is 2. The van der Waals surface area contributed by atoms with Gasteiger partial charge in [0.05, 0.1) is 17.2 Å². The van der Waals surface area contributed by atoms with Gasteiger partial charge in [-0.25, -0.2) is 0 Å². The molecule has 0 saturated heterocycles. The van der Waals surface area contributed by atoms with E-state index in [1.165, 1.54) is 30.0 Å². The average Bonchev–Trinajstić information content (AvgIpc) is 2.92. The molecule has 1 aromatic carbocycles. The van der Waals surface area contributed by atoms with Gasteiger partial charge in [0.15, 0.2) is 5.78 Å². The van der Waals surface area contributed by atoms with E-state index in [1.54, 1.807) is 0 Å². The number of thioether (sulfide) groups is 1. The predicted molar refractivity (Wildman–Crippen MR) is 83.3 cm³/mol. The number of benzene rings is 1. The van der Waals surface area contributed by atoms with Crippen molar-refractivity contribution in [1.82, 2.24) is 5.32 Å². The average molecular weight is 305 g/mol. The van der Waals surface area contributed by atoms with Crippen molar-refractivity contribution < 1.29 is 9.59 Å². The predicted octanol–water partition coefficient (Wildman–Crippen LogP) is 3.36. The second-order valence-electron chi connectivity index (χ2n) is 4.20. The second kappa shape index (κ2) is 7.26. The first-order valence-corrected chi connectivity index (χ1v) is 7.99. The molecule has 20 heavy (non-hydrogen) atoms. The van der Waals surface area contributed by atoms with E-state index < -0.39 is 0 Å². The highest BCUT2D eigenvalue weighted by Crippen LogP contribution is 2.22. The summed E-state index contributed by atoms with van der Waals surface area (Å²) in [5, 5.41) is 2.73. The lowest BCUT2D eigenvalue weighted by molar-refractivity contribution is -0.119. The van der Waals surface area contributed by atoms with Crippen molar-refractivity contribution in [1.29, 1.82) is 0 Å². The Morgan fingerprint density at radius 1 is 1.15 bits per heavy atom. The van der Waals surface area contributed by atoms with Crippen LogP contribution in [0.3, 0.4) is 0 Å². The minimum Gasteiger partial charge on any atom is -0.351 e. The summed E-state index contributed by atoms with van der Waals surface area (Å²) in [6, 6.07) is 13.6. The highest BCUT2D eigenvalue weighted by molar-refractivity contribution is 8.00. The molecule has 2 aromatic rings. The van der Waals surface area contributed by atoms with Crippen LogP contribution in [-0.2, 0) is 11.3 Å². The lowest BCUT2D eigenvalue weighted by Crippen LogP contribution is -2.18. The number of nitrogens with one attached hydrogen (secondary N) is 1. The molecule has 1 amide bonds. The number of thiophene rings is 1. The van der Waals surface area contributed by atoms with E-state index in [-0.39, 0.29) is 11.7 Å². The van der Waals surface area contributed by atoms with Crippen LogP contribution in [-0.4, -0.2) is 17.4 Å². The number of rotatable bonds is 6. The summed E-state index contributed by atoms with van der Waals surface area (Å²) < 4.78 is 0. The zero-order chi connectivity index (χ0) is 14.4. The summed E-state index contributed by atoms with van der Waals surface area (Å²) in [5.74, 6) is 0.494. The van der Waals surface area contributed by atoms with Crippen molar-refractivity contribution in [3.05, 3.63) is 52.2 Å². The Morgan fingerprint density at radius 3 is 2.60 bits per heavy atom. The van der Waals surface area contributed by atoms with E-state index >= 15 is 0 Å². The Labute approximate surface area is 126 Å². The van der Waals surface area contributed by atoms with Gasteiger partial charge in [-0.1, -0.05) is 18.2 Å². The van der Waals surface area contributed by atoms with Gasteiger partial charge in [-0.3, -0.25) is 9.59 Å². The van der Waals surface area contributed by atoms with E-state index in [0.717, 1.165) is 14.6 Å². The van der Waals surface area contributed by atoms with Crippen LogP contribution in [0.2, 0.25) is 0 Å². The molecule has 0 aliphatic heterocycles. The SMILES string of the molecule is CC(=O)NCc1ccc(C(=O)CSc2ccccc2)s1. The van der Waals surface area contributed by atoms with Gasteiger partial charge in [0.25, 0.3) is 0 Å². The number of hydrogen-bond acceptors (Lipinski definition) is 4. The van der Waals surface area contributed by atoms with Crippen LogP contribution in [0.5, 0.6) is 0 Å². The Balaban J connectivity index is 1.88. The van der Waals surface area contributed by atoms with Crippen molar-refractivity contribution in [3.63, 3.8) is 0 Å². The lowest BCUT2D eigenvalue weighted by atomic mass is 10.3. The maximum Gasteiger partial charge on any atom is 0.217 e. The number of Topliss-reactive ketones (excluding diaryl/α,β-unsaturated/α-hetero) is 1. The molecule has 5 heteroatoms. The first-order valence-electron chi connectivity index (χ1n) is 6.19. The fraction of sp³-hybridized carbons (Fsp3) is 0.200. The minimum atomic E-state index is -0.0640. The van der Waals surface area contributed by atoms with E-state index in [2.05, 4.69) is 5.32 Å². The quantitative estimate of drug-likeness (QED) is 0.657. The van der Waals surface area contributed by atoms with Crippen LogP contribution in [0.15, 0.2) is 47.4 Å². The van der Waals surface area contributed by atoms with Crippen molar-refractivity contribution in [2.75, 3.05) is 5.75 Å². The van der Waals surface area contributed by atoms with Gasteiger partial charge in [0.2, 0.25) is 5.91 Å². The molecule has 0 radical (unpaired) electrons. The van der Waals surface area contributed by atoms with E-state index in [0.29, 0.717) is 12.3 Å². The molecule has 1 aromatic heterocycles. The largest absolute Gasteiger partial charge is 0.351 e. The molecule has 0 atom stereocenters. The van der Waals surface area contributed by atoms with Gasteiger partial charge < -0.3 is 5.32 Å². The van der Waals surface area contributed by atoms with Gasteiger partial charge in [-0.05, 0) is 24.3 Å². The zero-order valence-corrected chi connectivity index (χ0v) is 12.7. The first-order chi connectivity index (χ1) is 9.65. The summed E-state index contributed by atoms with van der Waals surface area (Å²) >= 11 is 2.98. The van der Waals surface area contributed by atoms with Crippen LogP contribution in [0.1, 0.15) is 21.5 Å². The molecule has 2 rings (SSSR count). The molecule has 1 N–H and O–H groups in total. The molecule has 0 fully saturated rings. The summed E-state index contributed by atoms with van der Waals surface area (Å²) in [4.78, 5) is 25.7. The summed E-state index contributed by atoms with van der Waals surface area (Å²) in [6.45, 7) is 1.97. The third-order valence-corrected chi connectivity index (χ3v) is 4.70. The normalized spacial score (nSPS) is 10.2. The molecular formula is C15H15NO2S2. The van der Waals surface area contributed by atoms with Crippen molar-refractivity contribution in [2.24, 2.45) is 0 Å². The number of hydrogen-bond donors (Lipinski definition) is 1. The molecule has 0 saturated carbocycles. The van der Waals surface area contributed by atoms with Crippen LogP contribution < -0.4 is 5.32 Å². The Bertz CT molecular complexity index is 593. The first kappa shape index (κ1) is 14.8. The molecule has 0 aliphatic rings. The lowest BCUT2D eigenvalue weighted by Gasteiger charge is -1.99. The molecule has 3 nitrogen and oxygen atoms in total. The summed E-state index contributed by atoms with van der Waals surface area (Å²) in [6.07, 6.45) is 0. The monoisotopic (exact) mass is 305 g/mol. The third-order valence-electron chi connectivity index (χ3n) is 2.56. The van der Waals surface area contributed by atoms with Gasteiger partial charge >= 0.3 is 0 Å². The van der Waals surface area contributed by atoms with E-state index in [1.807, 2.05) is 42.5 Å². The van der Waals surface area contributed by atoms with Gasteiger partial charge in [0.1, 0.15) is 0 Å².